The Morgan fingerprint density at radius 1 is 0.885 bits per heavy atom. The first-order valence-corrected chi connectivity index (χ1v) is 10.2. The normalized spacial score (nSPS) is 16.5. The van der Waals surface area contributed by atoms with Crippen LogP contribution < -0.4 is 0 Å². The average molecular weight is 343 g/mol. The van der Waals surface area contributed by atoms with Crippen LogP contribution in [0.1, 0.15) is 63.5 Å². The fourth-order valence-electron chi connectivity index (χ4n) is 3.59. The van der Waals surface area contributed by atoms with Crippen molar-refractivity contribution in [3.05, 3.63) is 71.3 Å². The van der Waals surface area contributed by atoms with Crippen LogP contribution in [0, 0.1) is 17.8 Å². The van der Waals surface area contributed by atoms with Gasteiger partial charge >= 0.3 is 0 Å². The smallest absolute Gasteiger partial charge is 0.0249 e. The molecule has 0 aliphatic heterocycles. The molecule has 0 saturated heterocycles. The molecule has 0 nitrogen and oxygen atoms in total. The summed E-state index contributed by atoms with van der Waals surface area (Å²) in [6.07, 6.45) is 11.2. The molecule has 1 atom stereocenters. The summed E-state index contributed by atoms with van der Waals surface area (Å²) in [5, 5.41) is 0. The van der Waals surface area contributed by atoms with E-state index in [9.17, 15) is 0 Å². The lowest BCUT2D eigenvalue weighted by atomic mass is 9.86. The van der Waals surface area contributed by atoms with Crippen LogP contribution in [0.3, 0.4) is 0 Å². The third kappa shape index (κ3) is 5.12. The third-order valence-corrected chi connectivity index (χ3v) is 5.43. The summed E-state index contributed by atoms with van der Waals surface area (Å²) >= 11 is 0. The first-order chi connectivity index (χ1) is 12.8. The molecular formula is C26H30. The molecule has 0 bridgehead atoms. The van der Waals surface area contributed by atoms with Crippen LogP contribution in [0.15, 0.2) is 60.2 Å². The Morgan fingerprint density at radius 3 is 2.15 bits per heavy atom. The summed E-state index contributed by atoms with van der Waals surface area (Å²) in [7, 11) is 0. The first kappa shape index (κ1) is 18.5. The van der Waals surface area contributed by atoms with Crippen molar-refractivity contribution in [2.45, 2.75) is 58.8 Å². The summed E-state index contributed by atoms with van der Waals surface area (Å²) in [5.41, 5.74) is 6.35. The number of hydrogen-bond donors (Lipinski definition) is 0. The summed E-state index contributed by atoms with van der Waals surface area (Å²) in [6.45, 7) is 4.47. The van der Waals surface area contributed by atoms with Crippen molar-refractivity contribution in [3.63, 3.8) is 0 Å². The second kappa shape index (κ2) is 9.44. The van der Waals surface area contributed by atoms with Gasteiger partial charge in [0.15, 0.2) is 0 Å². The van der Waals surface area contributed by atoms with E-state index in [4.69, 9.17) is 0 Å². The molecule has 0 aromatic heterocycles. The second-order valence-corrected chi connectivity index (χ2v) is 7.39. The van der Waals surface area contributed by atoms with E-state index in [2.05, 4.69) is 80.3 Å². The van der Waals surface area contributed by atoms with E-state index in [1.165, 1.54) is 54.4 Å². The highest BCUT2D eigenvalue weighted by molar-refractivity contribution is 5.64. The lowest BCUT2D eigenvalue weighted by Gasteiger charge is -2.19. The van der Waals surface area contributed by atoms with Gasteiger partial charge in [-0.2, -0.15) is 0 Å². The number of unbranched alkanes of at least 4 members (excludes halogenated alkanes) is 1. The summed E-state index contributed by atoms with van der Waals surface area (Å²) < 4.78 is 0. The molecule has 2 aromatic carbocycles. The van der Waals surface area contributed by atoms with Gasteiger partial charge in [-0.3, -0.25) is 0 Å². The number of aryl methyl sites for hydroxylation is 1. The number of benzene rings is 2. The molecule has 0 heteroatoms. The van der Waals surface area contributed by atoms with E-state index in [0.717, 1.165) is 24.3 Å². The molecule has 0 fully saturated rings. The minimum Gasteiger partial charge on any atom is -0.0726 e. The lowest BCUT2D eigenvalue weighted by Crippen LogP contribution is -2.05. The van der Waals surface area contributed by atoms with Crippen molar-refractivity contribution >= 4 is 0 Å². The van der Waals surface area contributed by atoms with Crippen molar-refractivity contribution in [1.82, 2.24) is 0 Å². The number of rotatable bonds is 5. The maximum absolute atomic E-state index is 3.40. The predicted octanol–water partition coefficient (Wildman–Crippen LogP) is 7.18. The zero-order chi connectivity index (χ0) is 18.2. The zero-order valence-corrected chi connectivity index (χ0v) is 16.2. The molecule has 134 valence electrons. The maximum atomic E-state index is 3.40. The molecule has 0 amide bonds. The van der Waals surface area contributed by atoms with Crippen LogP contribution in [0.25, 0.3) is 11.1 Å². The molecule has 0 saturated carbocycles. The monoisotopic (exact) mass is 342 g/mol. The van der Waals surface area contributed by atoms with Crippen LogP contribution >= 0.6 is 0 Å². The number of hydrogen-bond acceptors (Lipinski definition) is 0. The fraction of sp³-hybridized carbons (Fsp3) is 0.385. The van der Waals surface area contributed by atoms with Crippen molar-refractivity contribution in [1.29, 1.82) is 0 Å². The predicted molar refractivity (Wildman–Crippen MR) is 113 cm³/mol. The molecule has 1 aliphatic rings. The van der Waals surface area contributed by atoms with Crippen molar-refractivity contribution in [2.24, 2.45) is 5.92 Å². The van der Waals surface area contributed by atoms with E-state index < -0.39 is 0 Å². The molecule has 3 rings (SSSR count). The summed E-state index contributed by atoms with van der Waals surface area (Å²) in [4.78, 5) is 0. The van der Waals surface area contributed by atoms with Gasteiger partial charge in [0.25, 0.3) is 0 Å². The number of allylic oxidation sites excluding steroid dienone is 2. The molecule has 0 N–H and O–H groups in total. The summed E-state index contributed by atoms with van der Waals surface area (Å²) in [6, 6.07) is 17.5. The van der Waals surface area contributed by atoms with Crippen molar-refractivity contribution < 1.29 is 0 Å². The third-order valence-electron chi connectivity index (χ3n) is 5.43. The van der Waals surface area contributed by atoms with E-state index in [1.807, 2.05) is 0 Å². The Hall–Kier alpha value is -2.26. The molecule has 0 radical (unpaired) electrons. The van der Waals surface area contributed by atoms with Crippen LogP contribution in [-0.4, -0.2) is 0 Å². The molecule has 2 aromatic rings. The average Bonchev–Trinajstić information content (AvgIpc) is 2.72. The van der Waals surface area contributed by atoms with E-state index in [0.29, 0.717) is 0 Å². The highest BCUT2D eigenvalue weighted by Crippen LogP contribution is 2.27. The van der Waals surface area contributed by atoms with Crippen molar-refractivity contribution in [3.8, 4) is 23.0 Å². The van der Waals surface area contributed by atoms with Gasteiger partial charge in [0.1, 0.15) is 0 Å². The first-order valence-electron chi connectivity index (χ1n) is 10.2. The van der Waals surface area contributed by atoms with Gasteiger partial charge in [-0.15, -0.1) is 0 Å². The minimum atomic E-state index is 0.888. The minimum absolute atomic E-state index is 0.888. The Bertz CT molecular complexity index is 779. The fourth-order valence-corrected chi connectivity index (χ4v) is 3.59. The highest BCUT2D eigenvalue weighted by atomic mass is 14.2. The van der Waals surface area contributed by atoms with E-state index in [1.54, 1.807) is 0 Å². The van der Waals surface area contributed by atoms with Crippen LogP contribution in [0.2, 0.25) is 0 Å². The SMILES string of the molecule is CCCCC1CC=C(C#Cc2ccc(-c3ccc(CC)cc3)cc2)CC1. The van der Waals surface area contributed by atoms with Gasteiger partial charge in [0.05, 0.1) is 0 Å². The van der Waals surface area contributed by atoms with Gasteiger partial charge < -0.3 is 0 Å². The van der Waals surface area contributed by atoms with Crippen LogP contribution in [0.5, 0.6) is 0 Å². The van der Waals surface area contributed by atoms with Crippen LogP contribution in [-0.2, 0) is 6.42 Å². The van der Waals surface area contributed by atoms with Crippen molar-refractivity contribution in [2.75, 3.05) is 0 Å². The Kier molecular flexibility index (Phi) is 6.73. The lowest BCUT2D eigenvalue weighted by molar-refractivity contribution is 0.425. The van der Waals surface area contributed by atoms with E-state index >= 15 is 0 Å². The maximum Gasteiger partial charge on any atom is 0.0249 e. The molecule has 0 spiro atoms. The van der Waals surface area contributed by atoms with Gasteiger partial charge in [-0.1, -0.05) is 87.4 Å². The highest BCUT2D eigenvalue weighted by Gasteiger charge is 2.12. The zero-order valence-electron chi connectivity index (χ0n) is 16.2. The topological polar surface area (TPSA) is 0 Å². The molecule has 0 heterocycles. The van der Waals surface area contributed by atoms with Crippen LogP contribution in [0.4, 0.5) is 0 Å². The largest absolute Gasteiger partial charge is 0.0726 e. The Balaban J connectivity index is 1.61. The van der Waals surface area contributed by atoms with Gasteiger partial charge in [-0.25, -0.2) is 0 Å². The second-order valence-electron chi connectivity index (χ2n) is 7.39. The summed E-state index contributed by atoms with van der Waals surface area (Å²) in [5.74, 6) is 7.64. The standard InChI is InChI=1S/C26H30/c1-3-5-6-22-7-9-23(10-8-22)11-12-24-15-19-26(20-16-24)25-17-13-21(4-2)14-18-25/h9,13-20,22H,3-8,10H2,1-2H3. The van der Waals surface area contributed by atoms with Gasteiger partial charge in [-0.05, 0) is 66.0 Å². The molecule has 26 heavy (non-hydrogen) atoms. The van der Waals surface area contributed by atoms with Gasteiger partial charge in [0.2, 0.25) is 0 Å². The quantitative estimate of drug-likeness (QED) is 0.505. The molecular weight excluding hydrogens is 312 g/mol. The molecule has 1 aliphatic carbocycles. The van der Waals surface area contributed by atoms with Gasteiger partial charge in [0, 0.05) is 5.56 Å². The molecule has 1 unspecified atom stereocenters. The Labute approximate surface area is 159 Å². The Morgan fingerprint density at radius 2 is 1.58 bits per heavy atom. The van der Waals surface area contributed by atoms with E-state index in [-0.39, 0.29) is 0 Å².